The molecule has 3 aliphatic heterocycles. The van der Waals surface area contributed by atoms with Crippen LogP contribution in [0.15, 0.2) is 179 Å². The lowest BCUT2D eigenvalue weighted by molar-refractivity contribution is 0.322. The van der Waals surface area contributed by atoms with E-state index < -0.39 is 65.1 Å². The third kappa shape index (κ3) is 23.7. The van der Waals surface area contributed by atoms with Gasteiger partial charge in [0.25, 0.3) is 65.1 Å². The Morgan fingerprint density at radius 3 is 1.19 bits per heavy atom. The van der Waals surface area contributed by atoms with Gasteiger partial charge >= 0.3 is 0 Å². The molecule has 0 fully saturated rings. The minimum absolute atomic E-state index is 0. The fourth-order valence-corrected chi connectivity index (χ4v) is 18.2. The summed E-state index contributed by atoms with van der Waals surface area (Å²) in [5.74, 6) is 5.08. The van der Waals surface area contributed by atoms with Gasteiger partial charge in [-0.1, -0.05) is 213 Å². The second-order valence-electron chi connectivity index (χ2n) is 37.6. The molecule has 14 N–H and O–H groups in total. The van der Waals surface area contributed by atoms with Crippen molar-refractivity contribution in [3.63, 3.8) is 0 Å². The van der Waals surface area contributed by atoms with Gasteiger partial charge in [-0.2, -0.15) is 0 Å². The number of rotatable bonds is 20. The number of aromatic nitrogens is 1. The first-order chi connectivity index (χ1) is 61.3. The molecule has 0 saturated heterocycles. The van der Waals surface area contributed by atoms with E-state index in [-0.39, 0.29) is 90.8 Å². The average molecular weight is 1850 g/mol. The molecule has 2 aliphatic carbocycles. The summed E-state index contributed by atoms with van der Waals surface area (Å²) in [5.41, 5.74) is 48.3. The number of fused-ring (bicyclic) bond motifs is 6. The summed E-state index contributed by atoms with van der Waals surface area (Å²) in [6.07, 6.45) is 15.6. The van der Waals surface area contributed by atoms with Gasteiger partial charge < -0.3 is 73.8 Å². The van der Waals surface area contributed by atoms with Crippen LogP contribution >= 0.6 is 0 Å². The lowest BCUT2D eigenvalue weighted by Gasteiger charge is -2.28. The van der Waals surface area contributed by atoms with Crippen molar-refractivity contribution >= 4 is 79.2 Å². The number of benzene rings is 6. The standard InChI is InChI=1S/2C18H22N2O2.2C17H20N2O3.C17H20N2O2.C16H16N2O2.6CH4/c1-11(2)8-12-5-6-13-4-3-7-20(10-14(13)9-12)16-15(19)17(21)18(16)22;1-10(2)8-11-6-7-12-4-3-5-14(13(12)9-11)20-16-15(19)17(21)18(16)22;1-10(2)8-11-4-5-13-12(9-11)19(6-3-7-22-13)15-14(18)16(20)17(15)21;1-10(2)7-11-3-4-13-12(8-11)9-19(5-6-22-13)15-14(18)16(20)17(15)21;1-9(2)7-10-3-4-11-5-6-13(12(11)8-10)19-15-14(18)16(20)17(15)21;1-9(2)7-10-3-4-11-5-6-18(12(11)8-10)14-13(17)15(19)16(14)20;;;;;;/h5-6,9,11H,3-4,7-8,10,19H2,1-2H3;6-7,9-10,14,20H,3-5,8,19H2,1-2H3;4-5,9-10H,3,6-8,18H2,1-2H3;3-4,8,10H,5-7,9,18H2,1-2H3;3-4,8-9,13,19H,5-7,18H2,1-2H3;3-6,8-9H,7,17H2,1-2H3;6*1H4. The van der Waals surface area contributed by atoms with E-state index >= 15 is 0 Å². The lowest BCUT2D eigenvalue weighted by Crippen LogP contribution is -2.43. The predicted molar refractivity (Wildman–Crippen MR) is 562 cm³/mol. The number of anilines is 12. The van der Waals surface area contributed by atoms with Gasteiger partial charge in [0.05, 0.1) is 36.4 Å². The molecule has 724 valence electrons. The Bertz CT molecular complexity index is 6660. The van der Waals surface area contributed by atoms with Crippen LogP contribution in [-0.2, 0) is 70.9 Å². The molecule has 4 heterocycles. The van der Waals surface area contributed by atoms with Gasteiger partial charge in [-0.3, -0.25) is 57.5 Å². The van der Waals surface area contributed by atoms with Crippen molar-refractivity contribution in [1.82, 2.24) is 4.57 Å². The molecule has 0 amide bonds. The fourth-order valence-electron chi connectivity index (χ4n) is 18.2. The van der Waals surface area contributed by atoms with Crippen LogP contribution in [0.2, 0.25) is 0 Å². The van der Waals surface area contributed by atoms with Crippen molar-refractivity contribution in [2.75, 3.05) is 92.6 Å². The highest BCUT2D eigenvalue weighted by Crippen LogP contribution is 2.41. The van der Waals surface area contributed by atoms with Crippen molar-refractivity contribution in [2.45, 2.75) is 243 Å². The zero-order chi connectivity index (χ0) is 93.0. The molecule has 2 atom stereocenters. The van der Waals surface area contributed by atoms with Crippen LogP contribution in [0, 0.1) is 35.5 Å². The van der Waals surface area contributed by atoms with Gasteiger partial charge in [-0.15, -0.1) is 0 Å². The zero-order valence-corrected chi connectivity index (χ0v) is 76.0. The highest BCUT2D eigenvalue weighted by Gasteiger charge is 2.34. The van der Waals surface area contributed by atoms with Crippen LogP contribution in [0.1, 0.15) is 244 Å². The van der Waals surface area contributed by atoms with Gasteiger partial charge in [0.1, 0.15) is 86.4 Å². The number of ether oxygens (including phenoxy) is 2. The quantitative estimate of drug-likeness (QED) is 0.0329. The molecule has 0 spiro atoms. The van der Waals surface area contributed by atoms with Crippen LogP contribution in [-0.4, -0.2) is 37.4 Å². The van der Waals surface area contributed by atoms with Crippen molar-refractivity contribution in [1.29, 1.82) is 0 Å². The van der Waals surface area contributed by atoms with E-state index in [0.717, 1.165) is 130 Å². The average Bonchev–Trinajstić information content (AvgIpc) is 1.73. The molecule has 26 heteroatoms. The van der Waals surface area contributed by atoms with E-state index in [1.807, 2.05) is 51.1 Å². The second kappa shape index (κ2) is 46.1. The number of nitrogen functional groups attached to an aromatic ring is 6. The first kappa shape index (κ1) is 109. The molecule has 0 radical (unpaired) electrons. The summed E-state index contributed by atoms with van der Waals surface area (Å²) in [7, 11) is 0. The molecule has 18 rings (SSSR count). The third-order valence-corrected chi connectivity index (χ3v) is 24.5. The van der Waals surface area contributed by atoms with Crippen molar-refractivity contribution in [3.8, 4) is 17.2 Å². The maximum Gasteiger partial charge on any atom is 0.254 e. The molecule has 13 aromatic rings. The number of aryl methyl sites for hydroxylation is 3. The van der Waals surface area contributed by atoms with Gasteiger partial charge in [0.2, 0.25) is 0 Å². The minimum Gasteiger partial charge on any atom is -0.491 e. The first-order valence-electron chi connectivity index (χ1n) is 45.1. The first-order valence-corrected chi connectivity index (χ1v) is 45.1. The molecule has 135 heavy (non-hydrogen) atoms. The predicted octanol–water partition coefficient (Wildman–Crippen LogP) is 16.0. The fraction of sp³-hybridized carbons (Fsp3) is 0.431. The second-order valence-corrected chi connectivity index (χ2v) is 37.6. The van der Waals surface area contributed by atoms with Crippen LogP contribution in [0.5, 0.6) is 11.5 Å². The van der Waals surface area contributed by atoms with Crippen molar-refractivity contribution in [3.05, 3.63) is 316 Å². The Balaban J connectivity index is 0.000000219. The van der Waals surface area contributed by atoms with E-state index in [4.69, 9.17) is 43.9 Å². The molecule has 0 saturated carbocycles. The maximum atomic E-state index is 11.9. The zero-order valence-electron chi connectivity index (χ0n) is 76.0. The molecule has 12 aromatic carbocycles. The van der Waals surface area contributed by atoms with Gasteiger partial charge in [-0.05, 0) is 228 Å². The van der Waals surface area contributed by atoms with Crippen LogP contribution < -0.4 is 134 Å². The SMILES string of the molecule is C.C.C.C.C.C.CC(C)Cc1ccc2c(c1)C(Nc1c(N)c(=O)c1=O)CC2.CC(C)Cc1ccc2c(c1)C(Nc1c(N)c(=O)c1=O)CCC2.CC(C)Cc1ccc2c(c1)CN(c1c(N)c(=O)c1=O)CCC2.CC(C)Cc1ccc2c(c1)CN(c1c(N)c(=O)c1=O)CCO2.CC(C)Cc1ccc2c(c1)N(c1c(N)c(=O)c1=O)CCCO2.CC(C)Cc1ccc2ccn(-c3c(N)c(=O)c3=O)c2c1. The Kier molecular flexibility index (Phi) is 37.2. The van der Waals surface area contributed by atoms with Crippen molar-refractivity contribution in [2.24, 2.45) is 35.5 Å². The maximum absolute atomic E-state index is 11.9. The Hall–Kier alpha value is -13.3. The molecule has 2 unspecified atom stereocenters. The molecule has 1 aromatic heterocycles. The van der Waals surface area contributed by atoms with Gasteiger partial charge in [-0.25, -0.2) is 0 Å². The van der Waals surface area contributed by atoms with Crippen LogP contribution in [0.25, 0.3) is 16.6 Å². The summed E-state index contributed by atoms with van der Waals surface area (Å²) in [6.45, 7) is 30.4. The van der Waals surface area contributed by atoms with E-state index in [9.17, 15) is 57.5 Å². The Labute approximate surface area is 793 Å². The van der Waals surface area contributed by atoms with Crippen molar-refractivity contribution < 1.29 is 9.47 Å². The van der Waals surface area contributed by atoms with Gasteiger partial charge in [0, 0.05) is 37.9 Å². The molecular formula is C109H144N12O14. The summed E-state index contributed by atoms with van der Waals surface area (Å²) >= 11 is 0. The van der Waals surface area contributed by atoms with E-state index in [0.29, 0.717) is 109 Å². The van der Waals surface area contributed by atoms with E-state index in [2.05, 4.69) is 173 Å². The number of hydrogen-bond acceptors (Lipinski definition) is 25. The molecule has 5 aliphatic rings. The highest BCUT2D eigenvalue weighted by atomic mass is 16.5. The van der Waals surface area contributed by atoms with E-state index in [1.54, 1.807) is 10.8 Å². The summed E-state index contributed by atoms with van der Waals surface area (Å²) in [5, 5.41) is 7.40. The van der Waals surface area contributed by atoms with Crippen LogP contribution in [0.4, 0.5) is 68.2 Å². The topological polar surface area (TPSA) is 418 Å². The third-order valence-electron chi connectivity index (χ3n) is 24.5. The molecule has 26 nitrogen and oxygen atoms in total. The minimum atomic E-state index is -0.583. The summed E-state index contributed by atoms with van der Waals surface area (Å²) in [4.78, 5) is 144. The summed E-state index contributed by atoms with van der Waals surface area (Å²) in [6, 6.07) is 40.4. The van der Waals surface area contributed by atoms with Crippen LogP contribution in [0.3, 0.4) is 0 Å². The number of nitrogens with two attached hydrogens (primary N) is 6. The Morgan fingerprint density at radius 1 is 0.326 bits per heavy atom. The smallest absolute Gasteiger partial charge is 0.254 e. The van der Waals surface area contributed by atoms with E-state index in [1.165, 1.54) is 66.8 Å². The summed E-state index contributed by atoms with van der Waals surface area (Å²) < 4.78 is 13.2. The number of nitrogens with one attached hydrogen (secondary N) is 2. The number of nitrogens with zero attached hydrogens (tertiary/aromatic N) is 4. The molecular weight excluding hydrogens is 1700 g/mol. The number of hydrogen-bond donors (Lipinski definition) is 8. The lowest BCUT2D eigenvalue weighted by atomic mass is 9.85. The monoisotopic (exact) mass is 1850 g/mol. The highest BCUT2D eigenvalue weighted by molar-refractivity contribution is 5.85. The molecule has 0 bridgehead atoms. The Morgan fingerprint density at radius 2 is 0.704 bits per heavy atom. The van der Waals surface area contributed by atoms with Gasteiger partial charge in [0.15, 0.2) is 0 Å². The normalized spacial score (nSPS) is 14.6. The largest absolute Gasteiger partial charge is 0.491 e.